The second kappa shape index (κ2) is 41.6. The Morgan fingerprint density at radius 1 is 0.453 bits per heavy atom. The summed E-state index contributed by atoms with van der Waals surface area (Å²) in [5, 5.41) is 8.19. The Bertz CT molecular complexity index is 5470. The number of alkyl halides is 6. The summed E-state index contributed by atoms with van der Waals surface area (Å²) in [6.45, 7) is 22.9. The van der Waals surface area contributed by atoms with Gasteiger partial charge in [0.25, 0.3) is 11.8 Å². The first-order valence-electron chi connectivity index (χ1n) is 46.3. The van der Waals surface area contributed by atoms with Crippen LogP contribution in [0.1, 0.15) is 203 Å². The molecular formula is C96H119F6N12O20V3-3. The van der Waals surface area contributed by atoms with Crippen LogP contribution >= 0.6 is 0 Å². The van der Waals surface area contributed by atoms with Crippen LogP contribution in [0.25, 0.3) is 33.1 Å². The first-order chi connectivity index (χ1) is 63.3. The molecule has 3 aromatic heterocycles. The number of nitrogens with zero attached hydrogens (tertiary/aromatic N) is 9. The van der Waals surface area contributed by atoms with Gasteiger partial charge in [0.1, 0.15) is 77.6 Å². The van der Waals surface area contributed by atoms with Crippen molar-refractivity contribution in [2.24, 2.45) is 57.2 Å². The summed E-state index contributed by atoms with van der Waals surface area (Å²) >= 11 is 0. The fourth-order valence-electron chi connectivity index (χ4n) is 19.9. The first-order valence-corrected chi connectivity index (χ1v) is 46.3. The predicted octanol–water partition coefficient (Wildman–Crippen LogP) is 13.8. The van der Waals surface area contributed by atoms with E-state index >= 15 is 26.3 Å². The largest absolute Gasteiger partial charge is 0.540 e. The molecule has 3 N–H and O–H groups in total. The number of carbonyl (C=O) groups is 6. The summed E-state index contributed by atoms with van der Waals surface area (Å²) in [6, 6.07) is 8.04. The zero-order chi connectivity index (χ0) is 96.6. The van der Waals surface area contributed by atoms with Crippen LogP contribution in [0, 0.1) is 57.2 Å². The summed E-state index contributed by atoms with van der Waals surface area (Å²) in [7, 11) is 4.46. The molecule has 137 heavy (non-hydrogen) atoms. The van der Waals surface area contributed by atoms with Crippen molar-refractivity contribution in [1.82, 2.24) is 60.6 Å². The second-order valence-electron chi connectivity index (χ2n) is 40.9. The van der Waals surface area contributed by atoms with Crippen molar-refractivity contribution in [1.29, 1.82) is 0 Å². The summed E-state index contributed by atoms with van der Waals surface area (Å²) in [5.41, 5.74) is -4.67. The Kier molecular flexibility index (Phi) is 32.5. The van der Waals surface area contributed by atoms with E-state index < -0.39 is 202 Å². The van der Waals surface area contributed by atoms with Gasteiger partial charge in [0.2, 0.25) is 35.4 Å². The Morgan fingerprint density at radius 3 is 1.28 bits per heavy atom. The van der Waals surface area contributed by atoms with Crippen LogP contribution in [0.4, 0.5) is 40.7 Å². The minimum Gasteiger partial charge on any atom is -0.540 e. The molecule has 6 aromatic rings. The number of methoxy groups -OCH3 is 3. The van der Waals surface area contributed by atoms with E-state index in [4.69, 9.17) is 52.1 Å². The molecule has 743 valence electrons. The van der Waals surface area contributed by atoms with Gasteiger partial charge in [-0.3, -0.25) is 14.4 Å². The number of rotatable bonds is 8. The molecule has 5 saturated carbocycles. The number of amides is 6. The van der Waals surface area contributed by atoms with E-state index in [0.29, 0.717) is 92.4 Å². The minimum atomic E-state index is -3.45. The quantitative estimate of drug-likeness (QED) is 0.0724. The van der Waals surface area contributed by atoms with Gasteiger partial charge >= 0.3 is 24.2 Å². The number of nitrogens with one attached hydrogen (secondary N) is 3. The van der Waals surface area contributed by atoms with Gasteiger partial charge < -0.3 is 97.1 Å². The van der Waals surface area contributed by atoms with Gasteiger partial charge in [-0.15, -0.1) is 0 Å². The van der Waals surface area contributed by atoms with E-state index in [1.807, 2.05) is 53.5 Å². The standard InChI is InChI=1S/C35H43F2N4O6.C31H39F2N4O7.C30H37F2N4O7.3V/c1-18-25(17-42)41-16-27(18)46-30-28(38-23-9-8-20(45-5)15-24(23)39-30)35(36,37)34(11-12-34)10-6-7-21-22-13-19(22)14-26(21)47-32(44)40-29(31(41)43)33(2,3)4;1-7-18-21(16-38)37-15-22(18)43-26-24(34-19-10-9-17(41-6)13-20(19)35-26)31(32,33)11-8-12-42-23-14-30(23,5)44-28(40)36-25(27(37)39)29(2,3)4;1-6-17-20(15-37)36-14-23(17)42-26-24(33-18-9-8-16(40-5)12-19(18)34-26)30(31,32)10-7-11-41-21-13-22(21)43-28(39)35-25(27(36)38)29(2,3)4;;;/h8-9,15,18-19,21-22,25-27,29H,6-7,10-14,16H2,1-5H3,(H,40,44);9-10,13,18,21-23,25H,7-8,11-12,14-15H2,1-6H3,(H,36,40);8-9,12,17,20-23,25H,6-7,10-11,13-14H2,1-5H3,(H,35,39);;;/q3*-1;;;/t18-,19?,21+,22?,25+,26+,27-,29+;18-,21+,22-,23+,25+,30+;17-,20+,21+,22+,23-,25+;;;/m000.../s1. The fourth-order valence-corrected chi connectivity index (χ4v) is 19.9. The van der Waals surface area contributed by atoms with Crippen molar-refractivity contribution in [3.05, 3.63) is 71.7 Å². The number of alkyl carbamates (subject to hydrolysis) is 3. The van der Waals surface area contributed by atoms with Gasteiger partial charge in [-0.1, -0.05) is 120 Å². The summed E-state index contributed by atoms with van der Waals surface area (Å²) in [5.74, 6) is -12.3. The molecular weight excluding hydrogens is 1910 g/mol. The smallest absolute Gasteiger partial charge is 0.408 e. The zero-order valence-electron chi connectivity index (χ0n) is 79.6. The normalized spacial score (nSPS) is 31.1. The molecule has 6 amide bonds. The van der Waals surface area contributed by atoms with Crippen molar-refractivity contribution in [2.45, 2.75) is 289 Å². The molecule has 32 nitrogen and oxygen atoms in total. The number of halogens is 6. The van der Waals surface area contributed by atoms with Gasteiger partial charge in [0, 0.05) is 118 Å². The molecule has 3 radical (unpaired) electrons. The number of carbonyl (C=O) groups excluding carboxylic acids is 9. The Hall–Kier alpha value is -9.04. The molecule has 20 atom stereocenters. The van der Waals surface area contributed by atoms with Crippen molar-refractivity contribution >= 4 is 88.0 Å². The Balaban J connectivity index is 0.000000183. The van der Waals surface area contributed by atoms with Crippen LogP contribution in [-0.2, 0) is 126 Å². The van der Waals surface area contributed by atoms with Gasteiger partial charge in [-0.05, 0) is 146 Å². The third-order valence-electron chi connectivity index (χ3n) is 28.4. The third kappa shape index (κ3) is 22.5. The van der Waals surface area contributed by atoms with E-state index in [-0.39, 0.29) is 159 Å². The predicted molar refractivity (Wildman–Crippen MR) is 470 cm³/mol. The molecule has 8 fully saturated rings. The molecule has 5 aliphatic carbocycles. The molecule has 6 aliphatic heterocycles. The number of ether oxygens (including phenoxy) is 11. The van der Waals surface area contributed by atoms with Crippen LogP contribution < -0.4 is 44.4 Å². The van der Waals surface area contributed by atoms with Gasteiger partial charge in [0.15, 0.2) is 17.1 Å². The fraction of sp³-hybridized carbons (Fsp3) is 0.656. The van der Waals surface area contributed by atoms with Gasteiger partial charge in [-0.25, -0.2) is 63.1 Å². The number of benzene rings is 3. The minimum absolute atomic E-state index is 0. The molecule has 41 heteroatoms. The van der Waals surface area contributed by atoms with Crippen LogP contribution in [0.5, 0.6) is 34.9 Å². The van der Waals surface area contributed by atoms with Crippen molar-refractivity contribution < 1.29 is 177 Å². The molecule has 1 spiro atoms. The molecule has 6 bridgehead atoms. The third-order valence-corrected chi connectivity index (χ3v) is 28.4. The summed E-state index contributed by atoms with van der Waals surface area (Å²) in [6.07, 6.45) is 3.57. The van der Waals surface area contributed by atoms with Crippen LogP contribution in [0.3, 0.4) is 0 Å². The Labute approximate surface area is 827 Å². The number of aromatic nitrogens is 6. The first kappa shape index (κ1) is 107. The van der Waals surface area contributed by atoms with Gasteiger partial charge in [0.05, 0.1) is 80.2 Å². The number of fused-ring (bicyclic) bond motifs is 17. The molecule has 3 aromatic carbocycles. The van der Waals surface area contributed by atoms with Crippen molar-refractivity contribution in [3.63, 3.8) is 0 Å². The molecule has 2 unspecified atom stereocenters. The molecule has 17 rings (SSSR count). The van der Waals surface area contributed by atoms with Crippen LogP contribution in [-0.4, -0.2) is 238 Å². The van der Waals surface area contributed by atoms with Crippen LogP contribution in [0.15, 0.2) is 54.6 Å². The summed E-state index contributed by atoms with van der Waals surface area (Å²) < 4.78 is 160. The second-order valence-corrected chi connectivity index (χ2v) is 40.9. The van der Waals surface area contributed by atoms with E-state index in [9.17, 15) is 43.2 Å². The van der Waals surface area contributed by atoms with E-state index in [1.165, 1.54) is 36.0 Å². The van der Waals surface area contributed by atoms with Gasteiger partial charge in [-0.2, -0.15) is 26.3 Å². The molecule has 11 aliphatic rings. The molecule has 3 saturated heterocycles. The SMILES string of the molecule is CC[C@@H]1[C@@H]2CN(C(=O)[C@H](C(C)(C)C)NC(=O)O[C@@H]3C[C@H]3OCCCC(F)(F)c3nc4ccc(OC)cc4nc3O2)[C@@H]1[C-]=O.CC[C@@H]1[C@@H]2CN(C(=O)[C@H](C(C)(C)C)NC(=O)O[C@]3(C)C[C@H]3OCCCC(F)(F)c3nc4ccc(OC)cc4nc3O2)[C@@H]1[C-]=O.COc1ccc2nc3c(nc2c1)O[C@H]1CN(C(=O)[C@H](C(C)(C)C)NC(=O)O[C@@H]2CC4CC4[C@H]2CCCC2(CC2)C3(F)F)[C@H]([C-]=O)[C@@H]1C.[V].[V].[V]. The van der Waals surface area contributed by atoms with E-state index in [1.54, 1.807) is 110 Å². The average Bonchev–Trinajstić information content (AvgIpc) is 1.51. The summed E-state index contributed by atoms with van der Waals surface area (Å²) in [4.78, 5) is 149. The average molecular weight is 2030 g/mol. The van der Waals surface area contributed by atoms with Crippen molar-refractivity contribution in [2.75, 3.05) is 54.2 Å². The molecule has 9 heterocycles. The van der Waals surface area contributed by atoms with E-state index in [2.05, 4.69) is 45.9 Å². The zero-order valence-corrected chi connectivity index (χ0v) is 83.8. The monoisotopic (exact) mass is 2030 g/mol. The maximum Gasteiger partial charge on any atom is 0.408 e. The number of hydrogen-bond donors (Lipinski definition) is 3. The van der Waals surface area contributed by atoms with E-state index in [0.717, 1.165) is 12.8 Å². The number of hydrogen-bond acceptors (Lipinski definition) is 26. The maximum atomic E-state index is 16.9. The maximum absolute atomic E-state index is 16.9. The van der Waals surface area contributed by atoms with Crippen molar-refractivity contribution in [3.8, 4) is 34.9 Å². The van der Waals surface area contributed by atoms with Crippen LogP contribution in [0.2, 0.25) is 0 Å². The topological polar surface area (TPSA) is 378 Å². The Morgan fingerprint density at radius 2 is 0.854 bits per heavy atom.